The zero-order chi connectivity index (χ0) is 45.7. The summed E-state index contributed by atoms with van der Waals surface area (Å²) in [6.45, 7) is 0. The summed E-state index contributed by atoms with van der Waals surface area (Å²) >= 11 is 0. The van der Waals surface area contributed by atoms with Crippen molar-refractivity contribution in [2.75, 3.05) is 4.90 Å². The fraction of sp³-hybridized carbons (Fsp3) is 0. The highest BCUT2D eigenvalue weighted by atomic mass is 15.1. The molecule has 1 nitrogen and oxygen atoms in total. The van der Waals surface area contributed by atoms with Gasteiger partial charge in [0.2, 0.25) is 0 Å². The van der Waals surface area contributed by atoms with E-state index in [2.05, 4.69) is 278 Å². The van der Waals surface area contributed by atoms with Crippen LogP contribution in [0, 0.1) is 0 Å². The third kappa shape index (κ3) is 7.12. The van der Waals surface area contributed by atoms with Gasteiger partial charge in [0.05, 0.1) is 5.69 Å². The molecule has 0 aliphatic rings. The van der Waals surface area contributed by atoms with Crippen molar-refractivity contribution in [2.45, 2.75) is 0 Å². The Bertz CT molecular complexity index is 4040. The summed E-state index contributed by atoms with van der Waals surface area (Å²) < 4.78 is 0. The Morgan fingerprint density at radius 1 is 0.203 bits per heavy atom. The minimum Gasteiger partial charge on any atom is -0.310 e. The van der Waals surface area contributed by atoms with Crippen LogP contribution >= 0.6 is 0 Å². The molecule has 69 heavy (non-hydrogen) atoms. The van der Waals surface area contributed by atoms with Crippen molar-refractivity contribution in [2.24, 2.45) is 0 Å². The maximum absolute atomic E-state index is 2.45. The summed E-state index contributed by atoms with van der Waals surface area (Å²) in [5.74, 6) is 0. The molecule has 0 saturated carbocycles. The van der Waals surface area contributed by atoms with Crippen molar-refractivity contribution in [3.8, 4) is 55.6 Å². The van der Waals surface area contributed by atoms with E-state index in [1.807, 2.05) is 0 Å². The number of benzene rings is 13. The van der Waals surface area contributed by atoms with Gasteiger partial charge in [0.15, 0.2) is 0 Å². The standard InChI is InChI=1S/C68H45N/c1-3-18-50(19-4-1)67-64-31-14-12-29-61(64)62-42-39-53(44-65(62)68(67)51-20-5-2-6-21-51)52-24-15-25-56(43-52)69(66-45-54-22-8-10-27-59(54)60-28-11-13-30-63(60)66)55-40-37-47(38-41-55)46-33-35-49(36-34-46)58-32-16-23-48-17-7-9-26-57(48)58/h1-45H. The molecule has 1 heteroatoms. The van der Waals surface area contributed by atoms with Gasteiger partial charge in [-0.3, -0.25) is 0 Å². The minimum atomic E-state index is 1.09. The van der Waals surface area contributed by atoms with E-state index in [1.165, 1.54) is 104 Å². The van der Waals surface area contributed by atoms with E-state index in [4.69, 9.17) is 0 Å². The first kappa shape index (κ1) is 40.3. The Hall–Kier alpha value is -9.04. The first-order valence-corrected chi connectivity index (χ1v) is 23.8. The average Bonchev–Trinajstić information content (AvgIpc) is 3.43. The number of anilines is 3. The summed E-state index contributed by atoms with van der Waals surface area (Å²) in [7, 11) is 0. The van der Waals surface area contributed by atoms with Gasteiger partial charge in [0, 0.05) is 16.8 Å². The van der Waals surface area contributed by atoms with E-state index in [-0.39, 0.29) is 0 Å². The van der Waals surface area contributed by atoms with Crippen LogP contribution < -0.4 is 4.90 Å². The molecule has 13 rings (SSSR count). The van der Waals surface area contributed by atoms with Crippen molar-refractivity contribution >= 4 is 70.9 Å². The maximum Gasteiger partial charge on any atom is 0.0546 e. The van der Waals surface area contributed by atoms with Crippen LogP contribution in [0.2, 0.25) is 0 Å². The van der Waals surface area contributed by atoms with E-state index < -0.39 is 0 Å². The molecule has 0 atom stereocenters. The SMILES string of the molecule is c1ccc(-c2c(-c3ccccc3)c3cc(-c4cccc(N(c5ccc(-c6ccc(-c7cccc8ccccc78)cc6)cc5)c5cc6ccccc6c6ccccc56)c4)ccc3c3ccccc23)cc1. The monoisotopic (exact) mass is 875 g/mol. The minimum absolute atomic E-state index is 1.09. The lowest BCUT2D eigenvalue weighted by Crippen LogP contribution is -2.10. The zero-order valence-corrected chi connectivity index (χ0v) is 37.9. The second-order valence-corrected chi connectivity index (χ2v) is 18.0. The highest BCUT2D eigenvalue weighted by molar-refractivity contribution is 6.22. The molecular formula is C68H45N. The number of hydrogen-bond acceptors (Lipinski definition) is 1. The summed E-state index contributed by atoms with van der Waals surface area (Å²) in [5, 5.41) is 12.4. The predicted octanol–water partition coefficient (Wildman–Crippen LogP) is 19.3. The molecule has 0 spiro atoms. The van der Waals surface area contributed by atoms with Gasteiger partial charge in [-0.1, -0.05) is 237 Å². The summed E-state index contributed by atoms with van der Waals surface area (Å²) in [6, 6.07) is 100. The molecule has 322 valence electrons. The van der Waals surface area contributed by atoms with E-state index in [9.17, 15) is 0 Å². The van der Waals surface area contributed by atoms with Crippen LogP contribution in [0.25, 0.3) is 109 Å². The van der Waals surface area contributed by atoms with Crippen LogP contribution in [0.1, 0.15) is 0 Å². The number of hydrogen-bond donors (Lipinski definition) is 0. The lowest BCUT2D eigenvalue weighted by molar-refractivity contribution is 1.30. The molecule has 0 heterocycles. The predicted molar refractivity (Wildman–Crippen MR) is 296 cm³/mol. The fourth-order valence-electron chi connectivity index (χ4n) is 10.8. The molecule has 0 radical (unpaired) electrons. The molecule has 13 aromatic carbocycles. The van der Waals surface area contributed by atoms with E-state index >= 15 is 0 Å². The Labute approximate surface area is 402 Å². The normalized spacial score (nSPS) is 11.5. The Balaban J connectivity index is 0.963. The van der Waals surface area contributed by atoms with Gasteiger partial charge in [-0.05, 0) is 141 Å². The van der Waals surface area contributed by atoms with Gasteiger partial charge in [-0.2, -0.15) is 0 Å². The molecule has 0 fully saturated rings. The average molecular weight is 876 g/mol. The second-order valence-electron chi connectivity index (χ2n) is 18.0. The van der Waals surface area contributed by atoms with Crippen molar-refractivity contribution in [3.05, 3.63) is 273 Å². The van der Waals surface area contributed by atoms with Crippen molar-refractivity contribution in [1.29, 1.82) is 0 Å². The quantitative estimate of drug-likeness (QED) is 0.138. The lowest BCUT2D eigenvalue weighted by atomic mass is 9.84. The van der Waals surface area contributed by atoms with Crippen LogP contribution in [0.4, 0.5) is 17.1 Å². The molecule has 0 unspecified atom stereocenters. The Morgan fingerprint density at radius 3 is 1.38 bits per heavy atom. The number of nitrogens with zero attached hydrogens (tertiary/aromatic N) is 1. The summed E-state index contributed by atoms with van der Waals surface area (Å²) in [4.78, 5) is 2.45. The highest BCUT2D eigenvalue weighted by Crippen LogP contribution is 2.47. The molecule has 0 aromatic heterocycles. The van der Waals surface area contributed by atoms with Gasteiger partial charge in [-0.15, -0.1) is 0 Å². The smallest absolute Gasteiger partial charge is 0.0546 e. The van der Waals surface area contributed by atoms with E-state index in [1.54, 1.807) is 0 Å². The first-order valence-electron chi connectivity index (χ1n) is 23.8. The molecule has 0 bridgehead atoms. The third-order valence-electron chi connectivity index (χ3n) is 14.0. The zero-order valence-electron chi connectivity index (χ0n) is 37.9. The highest BCUT2D eigenvalue weighted by Gasteiger charge is 2.21. The van der Waals surface area contributed by atoms with Gasteiger partial charge < -0.3 is 4.90 Å². The largest absolute Gasteiger partial charge is 0.310 e. The van der Waals surface area contributed by atoms with Gasteiger partial charge in [0.25, 0.3) is 0 Å². The van der Waals surface area contributed by atoms with Crippen molar-refractivity contribution in [1.82, 2.24) is 0 Å². The fourth-order valence-corrected chi connectivity index (χ4v) is 10.8. The summed E-state index contributed by atoms with van der Waals surface area (Å²) in [6.07, 6.45) is 0. The maximum atomic E-state index is 2.45. The van der Waals surface area contributed by atoms with Crippen molar-refractivity contribution in [3.63, 3.8) is 0 Å². The molecule has 0 aliphatic heterocycles. The lowest BCUT2D eigenvalue weighted by Gasteiger charge is -2.28. The molecule has 0 aliphatic carbocycles. The molecular weight excluding hydrogens is 831 g/mol. The van der Waals surface area contributed by atoms with Gasteiger partial charge in [-0.25, -0.2) is 0 Å². The molecule has 0 amide bonds. The molecule has 0 saturated heterocycles. The third-order valence-corrected chi connectivity index (χ3v) is 14.0. The second kappa shape index (κ2) is 17.0. The van der Waals surface area contributed by atoms with Crippen LogP contribution in [-0.4, -0.2) is 0 Å². The van der Waals surface area contributed by atoms with Crippen molar-refractivity contribution < 1.29 is 0 Å². The Morgan fingerprint density at radius 2 is 0.667 bits per heavy atom. The molecule has 0 N–H and O–H groups in total. The van der Waals surface area contributed by atoms with Crippen LogP contribution in [0.15, 0.2) is 273 Å². The topological polar surface area (TPSA) is 3.24 Å². The van der Waals surface area contributed by atoms with Crippen LogP contribution in [0.5, 0.6) is 0 Å². The van der Waals surface area contributed by atoms with E-state index in [0.717, 1.165) is 22.6 Å². The number of fused-ring (bicyclic) bond motifs is 7. The summed E-state index contributed by atoms with van der Waals surface area (Å²) in [5.41, 5.74) is 15.4. The van der Waals surface area contributed by atoms with E-state index in [0.29, 0.717) is 0 Å². The number of rotatable bonds is 8. The Kier molecular flexibility index (Phi) is 9.91. The van der Waals surface area contributed by atoms with Crippen LogP contribution in [0.3, 0.4) is 0 Å². The first-order chi connectivity index (χ1) is 34.2. The van der Waals surface area contributed by atoms with Gasteiger partial charge >= 0.3 is 0 Å². The molecule has 13 aromatic rings. The van der Waals surface area contributed by atoms with Gasteiger partial charge in [0.1, 0.15) is 0 Å². The van der Waals surface area contributed by atoms with Crippen LogP contribution in [-0.2, 0) is 0 Å².